The number of carbonyl (C=O) groups excluding carboxylic acids is 1. The summed E-state index contributed by atoms with van der Waals surface area (Å²) < 4.78 is 1.24. The molecule has 132 valence electrons. The van der Waals surface area contributed by atoms with Crippen molar-refractivity contribution in [2.75, 3.05) is 4.90 Å². The van der Waals surface area contributed by atoms with Crippen molar-refractivity contribution in [3.05, 3.63) is 57.0 Å². The number of rotatable bonds is 4. The van der Waals surface area contributed by atoms with E-state index in [1.807, 2.05) is 0 Å². The van der Waals surface area contributed by atoms with Crippen molar-refractivity contribution in [1.82, 2.24) is 19.6 Å². The molecule has 0 aliphatic heterocycles. The lowest BCUT2D eigenvalue weighted by Crippen LogP contribution is -2.31. The summed E-state index contributed by atoms with van der Waals surface area (Å²) in [4.78, 5) is 34.9. The summed E-state index contributed by atoms with van der Waals surface area (Å²) in [6, 6.07) is 9.03. The third-order valence-electron chi connectivity index (χ3n) is 4.23. The zero-order chi connectivity index (χ0) is 18.8. The number of anilines is 1. The molecule has 0 saturated carbocycles. The van der Waals surface area contributed by atoms with Gasteiger partial charge < -0.3 is 0 Å². The lowest BCUT2D eigenvalue weighted by molar-refractivity contribution is -0.118. The molecular weight excluding hydrogens is 332 g/mol. The van der Waals surface area contributed by atoms with E-state index in [0.717, 1.165) is 5.56 Å². The maximum atomic E-state index is 12.4. The zero-order valence-corrected chi connectivity index (χ0v) is 14.8. The SMILES string of the molecule is CCC(=O)N(Cc1ccc(C#N)cc1)c1nc2nc(C)c(C)c(=O)n2[nH]1. The summed E-state index contributed by atoms with van der Waals surface area (Å²) in [5.74, 6) is 0.340. The van der Waals surface area contributed by atoms with E-state index in [9.17, 15) is 9.59 Å². The number of aromatic nitrogens is 4. The summed E-state index contributed by atoms with van der Waals surface area (Å²) in [6.07, 6.45) is 0.285. The molecule has 1 aromatic carbocycles. The van der Waals surface area contributed by atoms with E-state index in [0.29, 0.717) is 16.8 Å². The normalized spacial score (nSPS) is 10.7. The third-order valence-corrected chi connectivity index (χ3v) is 4.23. The molecular formula is C18H18N6O2. The molecule has 0 atom stereocenters. The number of fused-ring (bicyclic) bond motifs is 1. The van der Waals surface area contributed by atoms with Crippen LogP contribution in [0.2, 0.25) is 0 Å². The molecule has 0 radical (unpaired) electrons. The molecule has 3 aromatic rings. The van der Waals surface area contributed by atoms with Crippen LogP contribution in [-0.2, 0) is 11.3 Å². The highest BCUT2D eigenvalue weighted by atomic mass is 16.2. The molecule has 0 aliphatic carbocycles. The number of nitrogens with zero attached hydrogens (tertiary/aromatic N) is 5. The minimum atomic E-state index is -0.242. The fourth-order valence-electron chi connectivity index (χ4n) is 2.55. The molecule has 8 heteroatoms. The Morgan fingerprint density at radius 3 is 2.58 bits per heavy atom. The quantitative estimate of drug-likeness (QED) is 0.772. The number of amides is 1. The largest absolute Gasteiger partial charge is 0.277 e. The van der Waals surface area contributed by atoms with Crippen molar-refractivity contribution in [1.29, 1.82) is 5.26 Å². The van der Waals surface area contributed by atoms with Crippen LogP contribution in [0.1, 0.15) is 35.7 Å². The van der Waals surface area contributed by atoms with Gasteiger partial charge in [-0.2, -0.15) is 14.8 Å². The Labute approximate surface area is 149 Å². The Kier molecular flexibility index (Phi) is 4.54. The van der Waals surface area contributed by atoms with Crippen LogP contribution < -0.4 is 10.5 Å². The number of hydrogen-bond donors (Lipinski definition) is 1. The van der Waals surface area contributed by atoms with E-state index < -0.39 is 0 Å². The predicted octanol–water partition coefficient (Wildman–Crippen LogP) is 1.85. The standard InChI is InChI=1S/C18H18N6O2/c1-4-15(25)23(10-14-7-5-13(9-19)6-8-14)18-21-17-20-12(3)11(2)16(26)24(17)22-18/h5-8H,4,10H2,1-3H3,(H,20,21,22). The Morgan fingerprint density at radius 2 is 1.96 bits per heavy atom. The molecule has 26 heavy (non-hydrogen) atoms. The third kappa shape index (κ3) is 3.07. The highest BCUT2D eigenvalue weighted by Crippen LogP contribution is 2.16. The van der Waals surface area contributed by atoms with E-state index >= 15 is 0 Å². The van der Waals surface area contributed by atoms with Gasteiger partial charge in [-0.1, -0.05) is 19.1 Å². The molecule has 2 heterocycles. The van der Waals surface area contributed by atoms with Crippen molar-refractivity contribution in [2.45, 2.75) is 33.7 Å². The number of benzene rings is 1. The number of nitriles is 1. The topological polar surface area (TPSA) is 107 Å². The monoisotopic (exact) mass is 350 g/mol. The van der Waals surface area contributed by atoms with Crippen LogP contribution in [0.25, 0.3) is 5.78 Å². The van der Waals surface area contributed by atoms with Gasteiger partial charge in [0.15, 0.2) is 0 Å². The molecule has 0 spiro atoms. The van der Waals surface area contributed by atoms with Crippen LogP contribution in [0.3, 0.4) is 0 Å². The second kappa shape index (κ2) is 6.80. The first kappa shape index (κ1) is 17.4. The van der Waals surface area contributed by atoms with Gasteiger partial charge in [-0.15, -0.1) is 0 Å². The Balaban J connectivity index is 2.04. The lowest BCUT2D eigenvalue weighted by Gasteiger charge is -2.19. The Morgan fingerprint density at radius 1 is 1.27 bits per heavy atom. The molecule has 3 rings (SSSR count). The Bertz CT molecular complexity index is 1070. The molecule has 0 unspecified atom stereocenters. The fraction of sp³-hybridized carbons (Fsp3) is 0.278. The zero-order valence-electron chi connectivity index (χ0n) is 14.8. The van der Waals surface area contributed by atoms with Gasteiger partial charge in [-0.05, 0) is 31.5 Å². The molecule has 2 aromatic heterocycles. The second-order valence-corrected chi connectivity index (χ2v) is 5.95. The maximum absolute atomic E-state index is 12.4. The summed E-state index contributed by atoms with van der Waals surface area (Å²) in [5, 5.41) is 11.8. The number of hydrogen-bond acceptors (Lipinski definition) is 5. The minimum absolute atomic E-state index is 0.144. The molecule has 0 saturated heterocycles. The van der Waals surface area contributed by atoms with Crippen molar-refractivity contribution < 1.29 is 4.79 Å². The predicted molar refractivity (Wildman–Crippen MR) is 95.7 cm³/mol. The average Bonchev–Trinajstić information content (AvgIpc) is 3.07. The fourth-order valence-corrected chi connectivity index (χ4v) is 2.55. The summed E-state index contributed by atoms with van der Waals surface area (Å²) in [5.41, 5.74) is 2.28. The van der Waals surface area contributed by atoms with Gasteiger partial charge in [0.1, 0.15) is 0 Å². The van der Waals surface area contributed by atoms with Crippen LogP contribution >= 0.6 is 0 Å². The molecule has 0 bridgehead atoms. The first-order valence-corrected chi connectivity index (χ1v) is 8.20. The first-order chi connectivity index (χ1) is 12.4. The van der Waals surface area contributed by atoms with Crippen LogP contribution in [0.15, 0.2) is 29.1 Å². The average molecular weight is 350 g/mol. The van der Waals surface area contributed by atoms with Gasteiger partial charge in [0.25, 0.3) is 11.3 Å². The molecule has 1 N–H and O–H groups in total. The van der Waals surface area contributed by atoms with Gasteiger partial charge in [0, 0.05) is 17.7 Å². The molecule has 0 aliphatic rings. The summed E-state index contributed by atoms with van der Waals surface area (Å²) >= 11 is 0. The van der Waals surface area contributed by atoms with Crippen molar-refractivity contribution in [3.63, 3.8) is 0 Å². The van der Waals surface area contributed by atoms with E-state index in [-0.39, 0.29) is 36.2 Å². The number of carbonyl (C=O) groups is 1. The van der Waals surface area contributed by atoms with E-state index in [1.165, 1.54) is 9.42 Å². The van der Waals surface area contributed by atoms with Crippen molar-refractivity contribution in [2.24, 2.45) is 0 Å². The lowest BCUT2D eigenvalue weighted by atomic mass is 10.1. The van der Waals surface area contributed by atoms with Gasteiger partial charge >= 0.3 is 0 Å². The number of H-pyrrole nitrogens is 1. The molecule has 1 amide bonds. The van der Waals surface area contributed by atoms with Crippen LogP contribution in [0, 0.1) is 25.2 Å². The van der Waals surface area contributed by atoms with Crippen LogP contribution in [0.4, 0.5) is 5.95 Å². The summed E-state index contributed by atoms with van der Waals surface area (Å²) in [7, 11) is 0. The van der Waals surface area contributed by atoms with E-state index in [2.05, 4.69) is 21.1 Å². The minimum Gasteiger partial charge on any atom is -0.277 e. The van der Waals surface area contributed by atoms with Crippen LogP contribution in [0.5, 0.6) is 0 Å². The van der Waals surface area contributed by atoms with Gasteiger partial charge in [-0.3, -0.25) is 19.6 Å². The number of aryl methyl sites for hydroxylation is 1. The van der Waals surface area contributed by atoms with E-state index in [4.69, 9.17) is 5.26 Å². The highest BCUT2D eigenvalue weighted by molar-refractivity contribution is 5.91. The number of aromatic amines is 1. The Hall–Kier alpha value is -3.47. The molecule has 8 nitrogen and oxygen atoms in total. The van der Waals surface area contributed by atoms with Crippen LogP contribution in [-0.4, -0.2) is 25.5 Å². The van der Waals surface area contributed by atoms with Gasteiger partial charge in [0.2, 0.25) is 11.9 Å². The van der Waals surface area contributed by atoms with Gasteiger partial charge in [0.05, 0.1) is 18.2 Å². The molecule has 0 fully saturated rings. The smallest absolute Gasteiger partial charge is 0.277 e. The van der Waals surface area contributed by atoms with Crippen molar-refractivity contribution >= 4 is 17.6 Å². The maximum Gasteiger partial charge on any atom is 0.277 e. The van der Waals surface area contributed by atoms with E-state index in [1.54, 1.807) is 45.0 Å². The van der Waals surface area contributed by atoms with Gasteiger partial charge in [-0.25, -0.2) is 4.98 Å². The highest BCUT2D eigenvalue weighted by Gasteiger charge is 2.20. The number of nitrogens with one attached hydrogen (secondary N) is 1. The second-order valence-electron chi connectivity index (χ2n) is 5.95. The summed E-state index contributed by atoms with van der Waals surface area (Å²) in [6.45, 7) is 5.47. The van der Waals surface area contributed by atoms with Crippen molar-refractivity contribution in [3.8, 4) is 6.07 Å². The first-order valence-electron chi connectivity index (χ1n) is 8.20.